The largest absolute Gasteiger partial charge is 0.357 e. The zero-order chi connectivity index (χ0) is 14.9. The number of benzene rings is 1. The fourth-order valence-corrected chi connectivity index (χ4v) is 2.61. The summed E-state index contributed by atoms with van der Waals surface area (Å²) in [5.74, 6) is 1.08. The molecule has 0 spiro atoms. The van der Waals surface area contributed by atoms with Crippen molar-refractivity contribution < 1.29 is 0 Å². The highest BCUT2D eigenvalue weighted by atomic mass is 15.2. The van der Waals surface area contributed by atoms with E-state index in [1.54, 1.807) is 0 Å². The van der Waals surface area contributed by atoms with Crippen LogP contribution in [0.5, 0.6) is 0 Å². The van der Waals surface area contributed by atoms with Crippen LogP contribution in [0.2, 0.25) is 0 Å². The van der Waals surface area contributed by atoms with Gasteiger partial charge in [-0.2, -0.15) is 0 Å². The Balaban J connectivity index is 1.82. The first-order chi connectivity index (χ1) is 10.3. The summed E-state index contributed by atoms with van der Waals surface area (Å²) < 4.78 is 0. The molecule has 0 fully saturated rings. The molecule has 0 unspecified atom stereocenters. The second-order valence-corrected chi connectivity index (χ2v) is 5.44. The predicted molar refractivity (Wildman–Crippen MR) is 90.9 cm³/mol. The van der Waals surface area contributed by atoms with Crippen molar-refractivity contribution in [3.8, 4) is 0 Å². The van der Waals surface area contributed by atoms with E-state index in [4.69, 9.17) is 0 Å². The van der Waals surface area contributed by atoms with Crippen molar-refractivity contribution in [1.29, 1.82) is 0 Å². The third-order valence-corrected chi connectivity index (χ3v) is 3.81. The molecule has 1 aromatic carbocycles. The van der Waals surface area contributed by atoms with Crippen LogP contribution in [0.4, 0.5) is 5.82 Å². The summed E-state index contributed by atoms with van der Waals surface area (Å²) >= 11 is 0. The number of aromatic nitrogens is 1. The molecule has 2 heteroatoms. The summed E-state index contributed by atoms with van der Waals surface area (Å²) in [5, 5.41) is 0. The van der Waals surface area contributed by atoms with Gasteiger partial charge in [-0.25, -0.2) is 4.98 Å². The van der Waals surface area contributed by atoms with Gasteiger partial charge < -0.3 is 4.90 Å². The lowest BCUT2D eigenvalue weighted by Gasteiger charge is -2.21. The van der Waals surface area contributed by atoms with E-state index in [1.807, 2.05) is 12.3 Å². The summed E-state index contributed by atoms with van der Waals surface area (Å²) in [6.45, 7) is 6.48. The molecule has 0 amide bonds. The molecule has 0 saturated heterocycles. The van der Waals surface area contributed by atoms with Crippen molar-refractivity contribution in [3.63, 3.8) is 0 Å². The molecule has 0 N–H and O–H groups in total. The standard InChI is InChI=1S/C19H26N2/c1-3-8-17-11-13-18(14-12-17)9-7-16-21(4-2)19-10-5-6-15-20-19/h5-6,10-15H,3-4,7-9,16H2,1-2H3. The zero-order valence-corrected chi connectivity index (χ0v) is 13.3. The van der Waals surface area contributed by atoms with Gasteiger partial charge in [-0.3, -0.25) is 0 Å². The highest BCUT2D eigenvalue weighted by Gasteiger charge is 2.04. The predicted octanol–water partition coefficient (Wildman–Crippen LogP) is 4.49. The molecule has 0 aliphatic heterocycles. The maximum atomic E-state index is 4.43. The molecule has 0 saturated carbocycles. The summed E-state index contributed by atoms with van der Waals surface area (Å²) in [7, 11) is 0. The number of anilines is 1. The molecule has 112 valence electrons. The van der Waals surface area contributed by atoms with Crippen LogP contribution in [-0.2, 0) is 12.8 Å². The van der Waals surface area contributed by atoms with E-state index in [0.717, 1.165) is 31.7 Å². The number of hydrogen-bond acceptors (Lipinski definition) is 2. The Hall–Kier alpha value is -1.83. The van der Waals surface area contributed by atoms with Gasteiger partial charge in [0.05, 0.1) is 0 Å². The first-order valence-corrected chi connectivity index (χ1v) is 8.07. The average molecular weight is 282 g/mol. The molecular weight excluding hydrogens is 256 g/mol. The number of rotatable bonds is 8. The second-order valence-electron chi connectivity index (χ2n) is 5.44. The minimum absolute atomic E-state index is 1.01. The van der Waals surface area contributed by atoms with E-state index in [1.165, 1.54) is 24.0 Å². The Morgan fingerprint density at radius 1 is 0.905 bits per heavy atom. The molecule has 0 bridgehead atoms. The Labute approximate surface area is 128 Å². The number of nitrogens with zero attached hydrogens (tertiary/aromatic N) is 2. The number of hydrogen-bond donors (Lipinski definition) is 0. The monoisotopic (exact) mass is 282 g/mol. The van der Waals surface area contributed by atoms with Crippen molar-refractivity contribution in [2.24, 2.45) is 0 Å². The molecule has 2 rings (SSSR count). The molecule has 0 radical (unpaired) electrons. The Morgan fingerprint density at radius 3 is 2.19 bits per heavy atom. The van der Waals surface area contributed by atoms with Crippen LogP contribution in [0.25, 0.3) is 0 Å². The van der Waals surface area contributed by atoms with Gasteiger partial charge in [-0.1, -0.05) is 43.7 Å². The van der Waals surface area contributed by atoms with Crippen molar-refractivity contribution >= 4 is 5.82 Å². The molecule has 2 nitrogen and oxygen atoms in total. The van der Waals surface area contributed by atoms with Gasteiger partial charge in [0.15, 0.2) is 0 Å². The van der Waals surface area contributed by atoms with E-state index < -0.39 is 0 Å². The topological polar surface area (TPSA) is 16.1 Å². The van der Waals surface area contributed by atoms with E-state index in [2.05, 4.69) is 60.1 Å². The van der Waals surface area contributed by atoms with E-state index >= 15 is 0 Å². The van der Waals surface area contributed by atoms with E-state index in [0.29, 0.717) is 0 Å². The van der Waals surface area contributed by atoms with Gasteiger partial charge in [0, 0.05) is 19.3 Å². The molecule has 0 aliphatic rings. The molecule has 1 aromatic heterocycles. The lowest BCUT2D eigenvalue weighted by molar-refractivity contribution is 0.737. The number of aryl methyl sites for hydroxylation is 2. The highest BCUT2D eigenvalue weighted by Crippen LogP contribution is 2.12. The summed E-state index contributed by atoms with van der Waals surface area (Å²) in [4.78, 5) is 6.77. The van der Waals surface area contributed by atoms with Crippen LogP contribution in [-0.4, -0.2) is 18.1 Å². The van der Waals surface area contributed by atoms with Crippen LogP contribution in [0.3, 0.4) is 0 Å². The quantitative estimate of drug-likeness (QED) is 0.709. The normalized spacial score (nSPS) is 10.6. The Bertz CT molecular complexity index is 505. The first-order valence-electron chi connectivity index (χ1n) is 8.07. The number of pyridine rings is 1. The van der Waals surface area contributed by atoms with Crippen LogP contribution in [0, 0.1) is 0 Å². The van der Waals surface area contributed by atoms with Crippen LogP contribution < -0.4 is 4.90 Å². The smallest absolute Gasteiger partial charge is 0.128 e. The maximum Gasteiger partial charge on any atom is 0.128 e. The molecule has 21 heavy (non-hydrogen) atoms. The van der Waals surface area contributed by atoms with Gasteiger partial charge in [0.1, 0.15) is 5.82 Å². The highest BCUT2D eigenvalue weighted by molar-refractivity contribution is 5.37. The van der Waals surface area contributed by atoms with Gasteiger partial charge in [0.2, 0.25) is 0 Å². The average Bonchev–Trinajstić information content (AvgIpc) is 2.54. The fourth-order valence-electron chi connectivity index (χ4n) is 2.61. The summed E-state index contributed by atoms with van der Waals surface area (Å²) in [6.07, 6.45) is 6.57. The minimum atomic E-state index is 1.01. The lowest BCUT2D eigenvalue weighted by atomic mass is 10.0. The summed E-state index contributed by atoms with van der Waals surface area (Å²) in [5.41, 5.74) is 2.89. The van der Waals surface area contributed by atoms with Gasteiger partial charge in [-0.05, 0) is 49.4 Å². The fraction of sp³-hybridized carbons (Fsp3) is 0.421. The van der Waals surface area contributed by atoms with Gasteiger partial charge in [-0.15, -0.1) is 0 Å². The third kappa shape index (κ3) is 4.89. The lowest BCUT2D eigenvalue weighted by Crippen LogP contribution is -2.25. The molecule has 0 atom stereocenters. The Kier molecular flexibility index (Phi) is 6.26. The van der Waals surface area contributed by atoms with E-state index in [9.17, 15) is 0 Å². The van der Waals surface area contributed by atoms with Crippen LogP contribution in [0.15, 0.2) is 48.7 Å². The van der Waals surface area contributed by atoms with Gasteiger partial charge >= 0.3 is 0 Å². The first kappa shape index (κ1) is 15.6. The summed E-state index contributed by atoms with van der Waals surface area (Å²) in [6, 6.07) is 15.2. The molecule has 0 aliphatic carbocycles. The minimum Gasteiger partial charge on any atom is -0.357 e. The van der Waals surface area contributed by atoms with Crippen molar-refractivity contribution in [2.75, 3.05) is 18.0 Å². The van der Waals surface area contributed by atoms with Crippen molar-refractivity contribution in [1.82, 2.24) is 4.98 Å². The Morgan fingerprint density at radius 2 is 1.62 bits per heavy atom. The van der Waals surface area contributed by atoms with Crippen LogP contribution >= 0.6 is 0 Å². The zero-order valence-electron chi connectivity index (χ0n) is 13.3. The third-order valence-electron chi connectivity index (χ3n) is 3.81. The molecular formula is C19H26N2. The van der Waals surface area contributed by atoms with Crippen molar-refractivity contribution in [2.45, 2.75) is 39.5 Å². The maximum absolute atomic E-state index is 4.43. The van der Waals surface area contributed by atoms with Crippen LogP contribution in [0.1, 0.15) is 37.8 Å². The van der Waals surface area contributed by atoms with E-state index in [-0.39, 0.29) is 0 Å². The van der Waals surface area contributed by atoms with Crippen molar-refractivity contribution in [3.05, 3.63) is 59.8 Å². The SMILES string of the molecule is CCCc1ccc(CCCN(CC)c2ccccn2)cc1. The molecule has 2 aromatic rings. The second kappa shape index (κ2) is 8.46. The van der Waals surface area contributed by atoms with Gasteiger partial charge in [0.25, 0.3) is 0 Å². The molecule has 1 heterocycles.